The molecule has 2 N–H and O–H groups in total. The minimum absolute atomic E-state index is 0.0709. The zero-order chi connectivity index (χ0) is 8.97. The highest BCUT2D eigenvalue weighted by Crippen LogP contribution is 2.15. The lowest BCUT2D eigenvalue weighted by molar-refractivity contribution is 0.134. The van der Waals surface area contributed by atoms with Gasteiger partial charge in [-0.25, -0.2) is 4.39 Å². The molecular weight excluding hydrogens is 159 g/mol. The van der Waals surface area contributed by atoms with E-state index < -0.39 is 6.10 Å². The van der Waals surface area contributed by atoms with Crippen molar-refractivity contribution in [2.75, 3.05) is 6.61 Å². The van der Waals surface area contributed by atoms with E-state index in [1.807, 2.05) is 0 Å². The number of aliphatic hydroxyl groups excluding tert-OH is 2. The first-order valence-corrected chi connectivity index (χ1v) is 3.78. The van der Waals surface area contributed by atoms with E-state index in [0.717, 1.165) is 0 Å². The van der Waals surface area contributed by atoms with Crippen LogP contribution in [0.2, 0.25) is 0 Å². The van der Waals surface area contributed by atoms with Crippen LogP contribution in [0.25, 0.3) is 0 Å². The first kappa shape index (κ1) is 9.16. The van der Waals surface area contributed by atoms with Gasteiger partial charge in [0.1, 0.15) is 5.82 Å². The van der Waals surface area contributed by atoms with Crippen molar-refractivity contribution in [3.8, 4) is 0 Å². The molecule has 0 heterocycles. The molecule has 1 rings (SSSR count). The molecule has 0 fully saturated rings. The number of rotatable bonds is 3. The molecule has 0 aliphatic rings. The van der Waals surface area contributed by atoms with Gasteiger partial charge in [-0.15, -0.1) is 0 Å². The standard InChI is InChI=1S/C9H11FO2/c10-8-3-1-7(2-4-8)9(12)5-6-11/h1-4,9,11-12H,5-6H2/t9-/m1/s1. The molecule has 0 bridgehead atoms. The van der Waals surface area contributed by atoms with Crippen LogP contribution in [0.15, 0.2) is 24.3 Å². The van der Waals surface area contributed by atoms with Crippen LogP contribution in [0.3, 0.4) is 0 Å². The number of benzene rings is 1. The average molecular weight is 170 g/mol. The molecule has 0 spiro atoms. The second-order valence-corrected chi connectivity index (χ2v) is 2.58. The molecule has 66 valence electrons. The molecule has 1 aromatic rings. The summed E-state index contributed by atoms with van der Waals surface area (Å²) < 4.78 is 12.4. The number of hydrogen-bond acceptors (Lipinski definition) is 2. The third-order valence-electron chi connectivity index (χ3n) is 1.66. The molecule has 0 aromatic heterocycles. The van der Waals surface area contributed by atoms with Gasteiger partial charge in [-0.2, -0.15) is 0 Å². The third kappa shape index (κ3) is 2.29. The van der Waals surface area contributed by atoms with Gasteiger partial charge in [0.05, 0.1) is 6.10 Å². The van der Waals surface area contributed by atoms with E-state index in [9.17, 15) is 9.50 Å². The van der Waals surface area contributed by atoms with Crippen molar-refractivity contribution in [3.05, 3.63) is 35.6 Å². The predicted octanol–water partition coefficient (Wildman–Crippen LogP) is 1.24. The Morgan fingerprint density at radius 2 is 1.83 bits per heavy atom. The van der Waals surface area contributed by atoms with E-state index in [1.165, 1.54) is 24.3 Å². The Morgan fingerprint density at radius 1 is 1.25 bits per heavy atom. The topological polar surface area (TPSA) is 40.5 Å². The molecule has 2 nitrogen and oxygen atoms in total. The summed E-state index contributed by atoms with van der Waals surface area (Å²) in [7, 11) is 0. The molecule has 0 radical (unpaired) electrons. The SMILES string of the molecule is OCC[C@@H](O)c1ccc(F)cc1. The molecule has 0 amide bonds. The molecule has 1 atom stereocenters. The van der Waals surface area contributed by atoms with E-state index >= 15 is 0 Å². The lowest BCUT2D eigenvalue weighted by Crippen LogP contribution is -1.99. The van der Waals surface area contributed by atoms with Crippen molar-refractivity contribution in [1.29, 1.82) is 0 Å². The maximum atomic E-state index is 12.4. The molecule has 12 heavy (non-hydrogen) atoms. The monoisotopic (exact) mass is 170 g/mol. The maximum absolute atomic E-state index is 12.4. The third-order valence-corrected chi connectivity index (χ3v) is 1.66. The van der Waals surface area contributed by atoms with Gasteiger partial charge >= 0.3 is 0 Å². The van der Waals surface area contributed by atoms with Crippen LogP contribution in [-0.4, -0.2) is 16.8 Å². The van der Waals surface area contributed by atoms with Gasteiger partial charge in [-0.1, -0.05) is 12.1 Å². The van der Waals surface area contributed by atoms with Crippen LogP contribution in [0.4, 0.5) is 4.39 Å². The first-order valence-electron chi connectivity index (χ1n) is 3.78. The highest BCUT2D eigenvalue weighted by molar-refractivity contribution is 5.18. The Kier molecular flexibility index (Phi) is 3.19. The number of aliphatic hydroxyl groups is 2. The van der Waals surface area contributed by atoms with Crippen molar-refractivity contribution in [2.24, 2.45) is 0 Å². The summed E-state index contributed by atoms with van der Waals surface area (Å²) in [6.07, 6.45) is -0.415. The maximum Gasteiger partial charge on any atom is 0.123 e. The van der Waals surface area contributed by atoms with E-state index in [-0.39, 0.29) is 18.8 Å². The highest BCUT2D eigenvalue weighted by atomic mass is 19.1. The summed E-state index contributed by atoms with van der Waals surface area (Å²) in [6, 6.07) is 5.59. The Bertz CT molecular complexity index is 233. The van der Waals surface area contributed by atoms with Crippen molar-refractivity contribution in [1.82, 2.24) is 0 Å². The molecule has 0 aliphatic heterocycles. The van der Waals surface area contributed by atoms with Gasteiger partial charge in [0.25, 0.3) is 0 Å². The van der Waals surface area contributed by atoms with Crippen LogP contribution in [0, 0.1) is 5.82 Å². The van der Waals surface area contributed by atoms with Crippen LogP contribution < -0.4 is 0 Å². The summed E-state index contributed by atoms with van der Waals surface area (Å²) >= 11 is 0. The lowest BCUT2D eigenvalue weighted by atomic mass is 10.1. The van der Waals surface area contributed by atoms with E-state index in [2.05, 4.69) is 0 Å². The second-order valence-electron chi connectivity index (χ2n) is 2.58. The molecule has 1 aromatic carbocycles. The zero-order valence-electron chi connectivity index (χ0n) is 6.57. The van der Waals surface area contributed by atoms with Crippen molar-refractivity contribution in [3.63, 3.8) is 0 Å². The number of halogens is 1. The van der Waals surface area contributed by atoms with Gasteiger partial charge in [0.2, 0.25) is 0 Å². The largest absolute Gasteiger partial charge is 0.396 e. The minimum atomic E-state index is -0.699. The lowest BCUT2D eigenvalue weighted by Gasteiger charge is -2.07. The fraction of sp³-hybridized carbons (Fsp3) is 0.333. The van der Waals surface area contributed by atoms with Gasteiger partial charge in [0, 0.05) is 13.0 Å². The molecule has 0 saturated heterocycles. The Balaban J connectivity index is 2.68. The van der Waals surface area contributed by atoms with Crippen LogP contribution in [0.1, 0.15) is 18.1 Å². The summed E-state index contributed by atoms with van der Waals surface area (Å²) in [4.78, 5) is 0. The van der Waals surface area contributed by atoms with Crippen LogP contribution in [0.5, 0.6) is 0 Å². The smallest absolute Gasteiger partial charge is 0.123 e. The van der Waals surface area contributed by atoms with Crippen molar-refractivity contribution in [2.45, 2.75) is 12.5 Å². The fourth-order valence-corrected chi connectivity index (χ4v) is 0.974. The highest BCUT2D eigenvalue weighted by Gasteiger charge is 2.05. The van der Waals surface area contributed by atoms with Crippen molar-refractivity contribution >= 4 is 0 Å². The van der Waals surface area contributed by atoms with E-state index in [1.54, 1.807) is 0 Å². The summed E-state index contributed by atoms with van der Waals surface area (Å²) in [5.74, 6) is -0.324. The predicted molar refractivity (Wildman–Crippen MR) is 43.1 cm³/mol. The normalized spacial score (nSPS) is 12.9. The van der Waals surface area contributed by atoms with Gasteiger partial charge in [0.15, 0.2) is 0 Å². The van der Waals surface area contributed by atoms with Gasteiger partial charge in [-0.05, 0) is 17.7 Å². The van der Waals surface area contributed by atoms with E-state index in [0.29, 0.717) is 5.56 Å². The Hall–Kier alpha value is -0.930. The summed E-state index contributed by atoms with van der Waals surface area (Å²) in [5.41, 5.74) is 0.630. The molecular formula is C9H11FO2. The summed E-state index contributed by atoms with van der Waals surface area (Å²) in [6.45, 7) is -0.0709. The fourth-order valence-electron chi connectivity index (χ4n) is 0.974. The Labute approximate surface area is 70.3 Å². The molecule has 0 unspecified atom stereocenters. The minimum Gasteiger partial charge on any atom is -0.396 e. The van der Waals surface area contributed by atoms with Gasteiger partial charge in [-0.3, -0.25) is 0 Å². The summed E-state index contributed by atoms with van der Waals surface area (Å²) in [5, 5.41) is 17.8. The second kappa shape index (κ2) is 4.18. The van der Waals surface area contributed by atoms with Gasteiger partial charge < -0.3 is 10.2 Å². The van der Waals surface area contributed by atoms with Crippen LogP contribution in [-0.2, 0) is 0 Å². The molecule has 3 heteroatoms. The average Bonchev–Trinajstić information content (AvgIpc) is 2.06. The van der Waals surface area contributed by atoms with Crippen LogP contribution >= 0.6 is 0 Å². The molecule has 0 aliphatic carbocycles. The Morgan fingerprint density at radius 3 is 2.33 bits per heavy atom. The first-order chi connectivity index (χ1) is 5.74. The number of hydrogen-bond donors (Lipinski definition) is 2. The van der Waals surface area contributed by atoms with E-state index in [4.69, 9.17) is 5.11 Å². The molecule has 0 saturated carbocycles. The quantitative estimate of drug-likeness (QED) is 0.716. The zero-order valence-corrected chi connectivity index (χ0v) is 6.57. The van der Waals surface area contributed by atoms with Crippen molar-refractivity contribution < 1.29 is 14.6 Å².